The minimum atomic E-state index is -0.182. The predicted molar refractivity (Wildman–Crippen MR) is 101 cm³/mol. The van der Waals surface area contributed by atoms with E-state index in [9.17, 15) is 9.59 Å². The highest BCUT2D eigenvalue weighted by Crippen LogP contribution is 2.19. The molecule has 1 amide bonds. The molecule has 0 saturated heterocycles. The van der Waals surface area contributed by atoms with E-state index in [0.717, 1.165) is 17.5 Å². The molecule has 1 aromatic carbocycles. The quantitative estimate of drug-likeness (QED) is 0.720. The van der Waals surface area contributed by atoms with Gasteiger partial charge in [0.15, 0.2) is 0 Å². The van der Waals surface area contributed by atoms with Crippen LogP contribution >= 0.6 is 11.6 Å². The highest BCUT2D eigenvalue weighted by Gasteiger charge is 2.14. The first-order chi connectivity index (χ1) is 12.5. The van der Waals surface area contributed by atoms with Gasteiger partial charge in [-0.15, -0.1) is 0 Å². The molecule has 3 rings (SSSR count). The summed E-state index contributed by atoms with van der Waals surface area (Å²) in [4.78, 5) is 28.7. The number of rotatable bonds is 6. The van der Waals surface area contributed by atoms with Crippen molar-refractivity contribution < 1.29 is 9.21 Å². The third-order valence-electron chi connectivity index (χ3n) is 4.38. The molecule has 0 atom stereocenters. The van der Waals surface area contributed by atoms with Crippen LogP contribution in [0.3, 0.4) is 0 Å². The normalized spacial score (nSPS) is 11.0. The Balaban J connectivity index is 1.55. The number of benzene rings is 1. The van der Waals surface area contributed by atoms with E-state index in [-0.39, 0.29) is 24.4 Å². The van der Waals surface area contributed by atoms with Crippen molar-refractivity contribution in [3.05, 3.63) is 62.9 Å². The van der Waals surface area contributed by atoms with Crippen LogP contribution in [0.2, 0.25) is 5.02 Å². The molecule has 2 aromatic heterocycles. The van der Waals surface area contributed by atoms with Crippen LogP contribution in [0.5, 0.6) is 0 Å². The Bertz CT molecular complexity index is 990. The minimum absolute atomic E-state index is 0.106. The average Bonchev–Trinajstić information content (AvgIpc) is 2.91. The molecule has 0 aliphatic rings. The number of aryl methyl sites for hydroxylation is 3. The highest BCUT2D eigenvalue weighted by molar-refractivity contribution is 6.30. The molecule has 0 fully saturated rings. The summed E-state index contributed by atoms with van der Waals surface area (Å²) in [5, 5.41) is 4.03. The maximum absolute atomic E-state index is 12.5. The molecule has 0 aliphatic heterocycles. The van der Waals surface area contributed by atoms with Crippen LogP contribution < -0.4 is 10.9 Å². The van der Waals surface area contributed by atoms with E-state index < -0.39 is 0 Å². The lowest BCUT2D eigenvalue weighted by molar-refractivity contribution is -0.121. The van der Waals surface area contributed by atoms with Crippen LogP contribution in [0.15, 0.2) is 39.8 Å². The van der Waals surface area contributed by atoms with Crippen LogP contribution in [-0.4, -0.2) is 22.0 Å². The fraction of sp³-hybridized carbons (Fsp3) is 0.316. The van der Waals surface area contributed by atoms with Crippen LogP contribution in [-0.2, 0) is 17.8 Å². The number of hydrogen-bond acceptors (Lipinski definition) is 4. The van der Waals surface area contributed by atoms with E-state index in [1.54, 1.807) is 6.92 Å². The van der Waals surface area contributed by atoms with E-state index in [1.807, 2.05) is 31.2 Å². The molecule has 7 heteroatoms. The summed E-state index contributed by atoms with van der Waals surface area (Å²) in [5.74, 6) is 0.577. The summed E-state index contributed by atoms with van der Waals surface area (Å²) in [6, 6.07) is 7.52. The Labute approximate surface area is 155 Å². The molecular weight excluding hydrogens is 354 g/mol. The van der Waals surface area contributed by atoms with Crippen molar-refractivity contribution in [1.29, 1.82) is 0 Å². The summed E-state index contributed by atoms with van der Waals surface area (Å²) in [7, 11) is 0. The van der Waals surface area contributed by atoms with Gasteiger partial charge in [0.25, 0.3) is 5.56 Å². The number of amides is 1. The third kappa shape index (κ3) is 3.96. The van der Waals surface area contributed by atoms with Gasteiger partial charge in [0.1, 0.15) is 17.5 Å². The number of furan rings is 1. The van der Waals surface area contributed by atoms with E-state index in [4.69, 9.17) is 16.0 Å². The lowest BCUT2D eigenvalue weighted by atomic mass is 10.1. The van der Waals surface area contributed by atoms with Gasteiger partial charge < -0.3 is 9.73 Å². The number of hydrogen-bond donors (Lipinski definition) is 1. The number of aromatic nitrogens is 2. The standard InChI is InChI=1S/C19H20ClN3O3/c1-12-13(2)26-18-17(12)19(25)23(11-22-18)10-8-16(24)21-9-7-14-3-5-15(20)6-4-14/h3-6,11H,7-10H2,1-2H3,(H,21,24). The Morgan fingerprint density at radius 1 is 1.27 bits per heavy atom. The summed E-state index contributed by atoms with van der Waals surface area (Å²) < 4.78 is 6.90. The number of fused-ring (bicyclic) bond motifs is 1. The first-order valence-corrected chi connectivity index (χ1v) is 8.80. The van der Waals surface area contributed by atoms with Crippen LogP contribution in [0, 0.1) is 13.8 Å². The molecule has 2 heterocycles. The Hall–Kier alpha value is -2.60. The van der Waals surface area contributed by atoms with Crippen LogP contribution in [0.4, 0.5) is 0 Å². The molecule has 1 N–H and O–H groups in total. The van der Waals surface area contributed by atoms with Gasteiger partial charge >= 0.3 is 0 Å². The average molecular weight is 374 g/mol. The monoisotopic (exact) mass is 373 g/mol. The molecule has 0 spiro atoms. The number of nitrogens with zero attached hydrogens (tertiary/aromatic N) is 2. The fourth-order valence-electron chi connectivity index (χ4n) is 2.74. The Morgan fingerprint density at radius 3 is 2.73 bits per heavy atom. The van der Waals surface area contributed by atoms with Gasteiger partial charge in [0, 0.05) is 30.1 Å². The zero-order valence-corrected chi connectivity index (χ0v) is 15.5. The maximum atomic E-state index is 12.5. The van der Waals surface area contributed by atoms with Crippen LogP contribution in [0.1, 0.15) is 23.3 Å². The van der Waals surface area contributed by atoms with Gasteiger partial charge in [0.2, 0.25) is 11.6 Å². The lowest BCUT2D eigenvalue weighted by Gasteiger charge is -2.07. The first-order valence-electron chi connectivity index (χ1n) is 8.42. The van der Waals surface area contributed by atoms with Crippen molar-refractivity contribution in [3.63, 3.8) is 0 Å². The maximum Gasteiger partial charge on any atom is 0.264 e. The van der Waals surface area contributed by atoms with Gasteiger partial charge in [-0.3, -0.25) is 14.2 Å². The third-order valence-corrected chi connectivity index (χ3v) is 4.64. The molecule has 0 bridgehead atoms. The summed E-state index contributed by atoms with van der Waals surface area (Å²) in [6.07, 6.45) is 2.36. The highest BCUT2D eigenvalue weighted by atomic mass is 35.5. The second-order valence-corrected chi connectivity index (χ2v) is 6.62. The first kappa shape index (κ1) is 18.2. The van der Waals surface area contributed by atoms with E-state index in [0.29, 0.717) is 28.4 Å². The summed E-state index contributed by atoms with van der Waals surface area (Å²) in [5.41, 5.74) is 2.05. The van der Waals surface area contributed by atoms with Gasteiger partial charge in [0.05, 0.1) is 0 Å². The Morgan fingerprint density at radius 2 is 2.00 bits per heavy atom. The predicted octanol–water partition coefficient (Wildman–Crippen LogP) is 3.01. The lowest BCUT2D eigenvalue weighted by Crippen LogP contribution is -2.29. The second-order valence-electron chi connectivity index (χ2n) is 6.18. The number of carbonyl (C=O) groups is 1. The molecule has 0 unspecified atom stereocenters. The van der Waals surface area contributed by atoms with Gasteiger partial charge in [-0.2, -0.15) is 0 Å². The van der Waals surface area contributed by atoms with E-state index >= 15 is 0 Å². The summed E-state index contributed by atoms with van der Waals surface area (Å²) in [6.45, 7) is 4.44. The number of halogens is 1. The molecule has 26 heavy (non-hydrogen) atoms. The van der Waals surface area contributed by atoms with Gasteiger partial charge in [-0.05, 0) is 38.0 Å². The molecule has 3 aromatic rings. The van der Waals surface area contributed by atoms with Crippen LogP contribution in [0.25, 0.3) is 11.1 Å². The summed E-state index contributed by atoms with van der Waals surface area (Å²) >= 11 is 5.85. The van der Waals surface area contributed by atoms with E-state index in [1.165, 1.54) is 10.9 Å². The zero-order chi connectivity index (χ0) is 18.7. The zero-order valence-electron chi connectivity index (χ0n) is 14.7. The second kappa shape index (κ2) is 7.74. The molecular formula is C19H20ClN3O3. The smallest absolute Gasteiger partial charge is 0.264 e. The molecule has 0 saturated carbocycles. The molecule has 136 valence electrons. The van der Waals surface area contributed by atoms with Crippen molar-refractivity contribution in [2.24, 2.45) is 0 Å². The van der Waals surface area contributed by atoms with Crippen molar-refractivity contribution in [3.8, 4) is 0 Å². The van der Waals surface area contributed by atoms with Gasteiger partial charge in [-0.1, -0.05) is 23.7 Å². The van der Waals surface area contributed by atoms with E-state index in [2.05, 4.69) is 10.3 Å². The Kier molecular flexibility index (Phi) is 5.42. The van der Waals surface area contributed by atoms with Crippen molar-refractivity contribution in [2.45, 2.75) is 33.2 Å². The molecule has 0 aliphatic carbocycles. The molecule has 0 radical (unpaired) electrons. The SMILES string of the molecule is Cc1oc2ncn(CCC(=O)NCCc3ccc(Cl)cc3)c(=O)c2c1C. The van der Waals surface area contributed by atoms with Crippen molar-refractivity contribution in [2.75, 3.05) is 6.54 Å². The van der Waals surface area contributed by atoms with Gasteiger partial charge in [-0.25, -0.2) is 4.98 Å². The topological polar surface area (TPSA) is 77.1 Å². The number of carbonyl (C=O) groups excluding carboxylic acids is 1. The van der Waals surface area contributed by atoms with Crippen molar-refractivity contribution in [1.82, 2.24) is 14.9 Å². The minimum Gasteiger partial charge on any atom is -0.443 e. The van der Waals surface area contributed by atoms with Crippen molar-refractivity contribution >= 4 is 28.6 Å². The fourth-order valence-corrected chi connectivity index (χ4v) is 2.86. The number of nitrogens with one attached hydrogen (secondary N) is 1. The largest absolute Gasteiger partial charge is 0.443 e. The molecule has 6 nitrogen and oxygen atoms in total.